The van der Waals surface area contributed by atoms with Crippen molar-refractivity contribution in [1.82, 2.24) is 5.32 Å². The van der Waals surface area contributed by atoms with Crippen molar-refractivity contribution in [2.75, 3.05) is 0 Å². The van der Waals surface area contributed by atoms with Crippen molar-refractivity contribution in [2.45, 2.75) is 38.6 Å². The van der Waals surface area contributed by atoms with Gasteiger partial charge in [-0.25, -0.2) is 4.39 Å². The molecular weight excluding hydrogens is 267 g/mol. The Bertz CT molecular complexity index is 571. The van der Waals surface area contributed by atoms with Crippen LogP contribution in [0.3, 0.4) is 0 Å². The molecular formula is C17H19FN2O. The van der Waals surface area contributed by atoms with Crippen LogP contribution < -0.4 is 5.32 Å². The van der Waals surface area contributed by atoms with E-state index in [0.717, 1.165) is 19.3 Å². The molecule has 0 aliphatic heterocycles. The highest BCUT2D eigenvalue weighted by Gasteiger charge is 2.23. The van der Waals surface area contributed by atoms with E-state index < -0.39 is 0 Å². The lowest BCUT2D eigenvalue weighted by Crippen LogP contribution is -2.41. The average molecular weight is 286 g/mol. The second kappa shape index (κ2) is 7.03. The van der Waals surface area contributed by atoms with Gasteiger partial charge in [-0.1, -0.05) is 31.9 Å². The maximum atomic E-state index is 12.9. The third-order valence-electron chi connectivity index (χ3n) is 3.97. The molecule has 3 nitrogen and oxygen atoms in total. The largest absolute Gasteiger partial charge is 0.348 e. The van der Waals surface area contributed by atoms with Crippen LogP contribution in [0.25, 0.3) is 6.08 Å². The lowest BCUT2D eigenvalue weighted by molar-refractivity contribution is -0.118. The highest BCUT2D eigenvalue weighted by molar-refractivity contribution is 6.01. The van der Waals surface area contributed by atoms with E-state index in [1.807, 2.05) is 6.07 Å². The molecule has 2 unspecified atom stereocenters. The van der Waals surface area contributed by atoms with Gasteiger partial charge in [0, 0.05) is 6.04 Å². The summed E-state index contributed by atoms with van der Waals surface area (Å²) in [6.45, 7) is 2.12. The van der Waals surface area contributed by atoms with E-state index in [2.05, 4.69) is 12.2 Å². The molecule has 0 radical (unpaired) electrons. The van der Waals surface area contributed by atoms with Crippen LogP contribution in [0.15, 0.2) is 29.8 Å². The Hall–Kier alpha value is -2.15. The SMILES string of the molecule is CC1CCCCC1NC(=O)C(C#N)=Cc1ccc(F)cc1. The van der Waals surface area contributed by atoms with Gasteiger partial charge in [0.2, 0.25) is 0 Å². The van der Waals surface area contributed by atoms with Crippen LogP contribution in [-0.2, 0) is 4.79 Å². The summed E-state index contributed by atoms with van der Waals surface area (Å²) < 4.78 is 12.9. The van der Waals surface area contributed by atoms with Crippen LogP contribution in [0.5, 0.6) is 0 Å². The van der Waals surface area contributed by atoms with Gasteiger partial charge in [-0.15, -0.1) is 0 Å². The van der Waals surface area contributed by atoms with Crippen molar-refractivity contribution >= 4 is 12.0 Å². The Morgan fingerprint density at radius 1 is 1.33 bits per heavy atom. The first-order valence-corrected chi connectivity index (χ1v) is 7.28. The normalized spacial score (nSPS) is 22.4. The van der Waals surface area contributed by atoms with Gasteiger partial charge in [-0.2, -0.15) is 5.26 Å². The Balaban J connectivity index is 2.08. The molecule has 1 aliphatic carbocycles. The summed E-state index contributed by atoms with van der Waals surface area (Å²) in [5.41, 5.74) is 0.694. The predicted molar refractivity (Wildman–Crippen MR) is 79.6 cm³/mol. The first kappa shape index (κ1) is 15.2. The van der Waals surface area contributed by atoms with Crippen LogP contribution in [0.4, 0.5) is 4.39 Å². The summed E-state index contributed by atoms with van der Waals surface area (Å²) in [4.78, 5) is 12.2. The molecule has 0 bridgehead atoms. The molecule has 1 fully saturated rings. The minimum atomic E-state index is -0.347. The van der Waals surface area contributed by atoms with E-state index in [0.29, 0.717) is 11.5 Å². The Kier molecular flexibility index (Phi) is 5.10. The molecule has 2 rings (SSSR count). The summed E-state index contributed by atoms with van der Waals surface area (Å²) >= 11 is 0. The third-order valence-corrected chi connectivity index (χ3v) is 3.97. The molecule has 1 saturated carbocycles. The van der Waals surface area contributed by atoms with Crippen molar-refractivity contribution in [3.63, 3.8) is 0 Å². The Morgan fingerprint density at radius 3 is 2.62 bits per heavy atom. The van der Waals surface area contributed by atoms with Crippen molar-refractivity contribution in [3.05, 3.63) is 41.2 Å². The minimum Gasteiger partial charge on any atom is -0.348 e. The molecule has 2 atom stereocenters. The van der Waals surface area contributed by atoms with E-state index in [1.165, 1.54) is 24.6 Å². The molecule has 110 valence electrons. The number of carbonyl (C=O) groups is 1. The molecule has 1 amide bonds. The van der Waals surface area contributed by atoms with Gasteiger partial charge in [0.1, 0.15) is 17.5 Å². The molecule has 1 aromatic carbocycles. The van der Waals surface area contributed by atoms with Crippen molar-refractivity contribution < 1.29 is 9.18 Å². The lowest BCUT2D eigenvalue weighted by Gasteiger charge is -2.29. The van der Waals surface area contributed by atoms with Gasteiger partial charge in [-0.3, -0.25) is 4.79 Å². The summed E-state index contributed by atoms with van der Waals surface area (Å²) in [6.07, 6.45) is 5.86. The first-order chi connectivity index (χ1) is 10.1. The first-order valence-electron chi connectivity index (χ1n) is 7.28. The molecule has 21 heavy (non-hydrogen) atoms. The number of amides is 1. The summed E-state index contributed by atoms with van der Waals surface area (Å²) in [6, 6.07) is 7.76. The summed E-state index contributed by atoms with van der Waals surface area (Å²) in [5, 5.41) is 12.1. The molecule has 0 saturated heterocycles. The molecule has 4 heteroatoms. The summed E-state index contributed by atoms with van der Waals surface area (Å²) in [7, 11) is 0. The third kappa shape index (κ3) is 4.16. The second-order valence-corrected chi connectivity index (χ2v) is 5.56. The quantitative estimate of drug-likeness (QED) is 0.683. The van der Waals surface area contributed by atoms with Gasteiger partial charge in [0.05, 0.1) is 0 Å². The molecule has 1 N–H and O–H groups in total. The Morgan fingerprint density at radius 2 is 2.00 bits per heavy atom. The van der Waals surface area contributed by atoms with Crippen LogP contribution in [0.2, 0.25) is 0 Å². The molecule has 0 heterocycles. The fourth-order valence-corrected chi connectivity index (χ4v) is 2.65. The highest BCUT2D eigenvalue weighted by Crippen LogP contribution is 2.24. The van der Waals surface area contributed by atoms with E-state index in [-0.39, 0.29) is 23.3 Å². The summed E-state index contributed by atoms with van der Waals surface area (Å²) in [5.74, 6) is -0.250. The zero-order valence-electron chi connectivity index (χ0n) is 12.1. The molecule has 0 spiro atoms. The van der Waals surface area contributed by atoms with E-state index in [9.17, 15) is 9.18 Å². The number of hydrogen-bond donors (Lipinski definition) is 1. The van der Waals surface area contributed by atoms with E-state index in [4.69, 9.17) is 5.26 Å². The highest BCUT2D eigenvalue weighted by atomic mass is 19.1. The zero-order chi connectivity index (χ0) is 15.2. The number of hydrogen-bond acceptors (Lipinski definition) is 2. The number of nitrogens with one attached hydrogen (secondary N) is 1. The second-order valence-electron chi connectivity index (χ2n) is 5.56. The maximum Gasteiger partial charge on any atom is 0.262 e. The number of benzene rings is 1. The topological polar surface area (TPSA) is 52.9 Å². The van der Waals surface area contributed by atoms with E-state index >= 15 is 0 Å². The number of carbonyl (C=O) groups excluding carboxylic acids is 1. The van der Waals surface area contributed by atoms with Crippen molar-refractivity contribution in [2.24, 2.45) is 5.92 Å². The predicted octanol–water partition coefficient (Wildman–Crippen LogP) is 3.43. The van der Waals surface area contributed by atoms with Crippen LogP contribution in [-0.4, -0.2) is 11.9 Å². The monoisotopic (exact) mass is 286 g/mol. The number of rotatable bonds is 3. The van der Waals surface area contributed by atoms with Crippen molar-refractivity contribution in [1.29, 1.82) is 5.26 Å². The standard InChI is InChI=1S/C17H19FN2O/c1-12-4-2-3-5-16(12)20-17(21)14(11-19)10-13-6-8-15(18)9-7-13/h6-10,12,16H,2-5H2,1H3,(H,20,21). The fourth-order valence-electron chi connectivity index (χ4n) is 2.65. The Labute approximate surface area is 124 Å². The van der Waals surface area contributed by atoms with Crippen molar-refractivity contribution in [3.8, 4) is 6.07 Å². The average Bonchev–Trinajstić information content (AvgIpc) is 2.49. The molecule has 1 aromatic rings. The van der Waals surface area contributed by atoms with Crippen LogP contribution in [0, 0.1) is 23.1 Å². The van der Waals surface area contributed by atoms with E-state index in [1.54, 1.807) is 12.1 Å². The van der Waals surface area contributed by atoms with Gasteiger partial charge < -0.3 is 5.32 Å². The van der Waals surface area contributed by atoms with Gasteiger partial charge in [0.25, 0.3) is 5.91 Å². The number of halogens is 1. The minimum absolute atomic E-state index is 0.0550. The lowest BCUT2D eigenvalue weighted by atomic mass is 9.86. The maximum absolute atomic E-state index is 12.9. The molecule has 0 aromatic heterocycles. The number of nitrogens with zero attached hydrogens (tertiary/aromatic N) is 1. The van der Waals surface area contributed by atoms with Gasteiger partial charge in [-0.05, 0) is 42.5 Å². The number of nitriles is 1. The van der Waals surface area contributed by atoms with Gasteiger partial charge >= 0.3 is 0 Å². The van der Waals surface area contributed by atoms with Gasteiger partial charge in [0.15, 0.2) is 0 Å². The van der Waals surface area contributed by atoms with Crippen LogP contribution in [0.1, 0.15) is 38.2 Å². The molecule has 1 aliphatic rings. The van der Waals surface area contributed by atoms with Crippen LogP contribution >= 0.6 is 0 Å². The fraction of sp³-hybridized carbons (Fsp3) is 0.412. The smallest absolute Gasteiger partial charge is 0.262 e. The zero-order valence-corrected chi connectivity index (χ0v) is 12.1.